The Labute approximate surface area is 130 Å². The van der Waals surface area contributed by atoms with Gasteiger partial charge in [0.15, 0.2) is 0 Å². The molecule has 20 heavy (non-hydrogen) atoms. The van der Waals surface area contributed by atoms with Crippen LogP contribution in [-0.4, -0.2) is 32.4 Å². The van der Waals surface area contributed by atoms with Crippen LogP contribution in [0, 0.1) is 0 Å². The maximum atomic E-state index is 5.64. The topological polar surface area (TPSA) is 30.5 Å². The molecule has 4 heteroatoms. The normalized spacial score (nSPS) is 14.5. The zero-order valence-corrected chi connectivity index (χ0v) is 13.7. The van der Waals surface area contributed by atoms with E-state index in [2.05, 4.69) is 40.3 Å². The van der Waals surface area contributed by atoms with Crippen LogP contribution in [0.2, 0.25) is 0 Å². The highest BCUT2D eigenvalue weighted by Crippen LogP contribution is 2.26. The van der Waals surface area contributed by atoms with Gasteiger partial charge in [0.05, 0.1) is 24.3 Å². The minimum absolute atomic E-state index is 0.759. The van der Waals surface area contributed by atoms with Crippen molar-refractivity contribution in [3.8, 4) is 5.75 Å². The van der Waals surface area contributed by atoms with Crippen LogP contribution in [0.3, 0.4) is 0 Å². The molecule has 1 aromatic rings. The zero-order chi connectivity index (χ0) is 14.2. The number of nitrogens with one attached hydrogen (secondary N) is 1. The van der Waals surface area contributed by atoms with E-state index in [0.29, 0.717) is 0 Å². The Balaban J connectivity index is 1.63. The van der Waals surface area contributed by atoms with Gasteiger partial charge in [0.25, 0.3) is 0 Å². The Bertz CT molecular complexity index is 407. The number of halogens is 1. The summed E-state index contributed by atoms with van der Waals surface area (Å²) in [6, 6.07) is 7.03. The lowest BCUT2D eigenvalue weighted by molar-refractivity contribution is 0.138. The van der Waals surface area contributed by atoms with Crippen molar-refractivity contribution in [3.63, 3.8) is 0 Å². The van der Waals surface area contributed by atoms with E-state index in [0.717, 1.165) is 55.5 Å². The van der Waals surface area contributed by atoms with Crippen LogP contribution in [0.25, 0.3) is 0 Å². The van der Waals surface area contributed by atoms with Crippen molar-refractivity contribution >= 4 is 15.9 Å². The SMILES string of the molecule is CCCOc1ccc(CCOCCNC2CC2)cc1Br. The Kier molecular flexibility index (Phi) is 6.83. The Hall–Kier alpha value is -0.580. The second-order valence-electron chi connectivity index (χ2n) is 5.20. The molecule has 0 radical (unpaired) electrons. The molecule has 1 fully saturated rings. The number of benzene rings is 1. The maximum absolute atomic E-state index is 5.64. The van der Waals surface area contributed by atoms with Gasteiger partial charge in [0, 0.05) is 12.6 Å². The van der Waals surface area contributed by atoms with Gasteiger partial charge in [-0.05, 0) is 59.3 Å². The molecule has 0 atom stereocenters. The Morgan fingerprint density at radius 1 is 1.25 bits per heavy atom. The minimum atomic E-state index is 0.759. The fourth-order valence-electron chi connectivity index (χ4n) is 1.94. The molecule has 0 saturated heterocycles. The highest BCUT2D eigenvalue weighted by Gasteiger charge is 2.19. The van der Waals surface area contributed by atoms with Crippen LogP contribution in [0.4, 0.5) is 0 Å². The molecule has 1 aromatic carbocycles. The van der Waals surface area contributed by atoms with Crippen LogP contribution >= 0.6 is 15.9 Å². The smallest absolute Gasteiger partial charge is 0.133 e. The van der Waals surface area contributed by atoms with Crippen molar-refractivity contribution < 1.29 is 9.47 Å². The Morgan fingerprint density at radius 2 is 2.10 bits per heavy atom. The average Bonchev–Trinajstić information content (AvgIpc) is 3.26. The maximum Gasteiger partial charge on any atom is 0.133 e. The van der Waals surface area contributed by atoms with E-state index in [-0.39, 0.29) is 0 Å². The molecule has 0 aromatic heterocycles. The van der Waals surface area contributed by atoms with Crippen molar-refractivity contribution in [2.45, 2.75) is 38.6 Å². The monoisotopic (exact) mass is 341 g/mol. The molecule has 1 N–H and O–H groups in total. The number of ether oxygens (including phenoxy) is 2. The first-order chi connectivity index (χ1) is 9.79. The Morgan fingerprint density at radius 3 is 2.80 bits per heavy atom. The van der Waals surface area contributed by atoms with Gasteiger partial charge in [0.2, 0.25) is 0 Å². The molecular formula is C16H24BrNO2. The van der Waals surface area contributed by atoms with Crippen molar-refractivity contribution in [1.29, 1.82) is 0 Å². The van der Waals surface area contributed by atoms with Crippen LogP contribution < -0.4 is 10.1 Å². The van der Waals surface area contributed by atoms with E-state index in [4.69, 9.17) is 9.47 Å². The number of rotatable bonds is 10. The number of hydrogen-bond acceptors (Lipinski definition) is 3. The van der Waals surface area contributed by atoms with Crippen LogP contribution in [0.1, 0.15) is 31.7 Å². The predicted octanol–water partition coefficient (Wildman–Crippen LogP) is 3.55. The number of hydrogen-bond donors (Lipinski definition) is 1. The van der Waals surface area contributed by atoms with Crippen molar-refractivity contribution in [1.82, 2.24) is 5.32 Å². The van der Waals surface area contributed by atoms with Gasteiger partial charge in [-0.25, -0.2) is 0 Å². The van der Waals surface area contributed by atoms with E-state index in [1.54, 1.807) is 0 Å². The summed E-state index contributed by atoms with van der Waals surface area (Å²) in [4.78, 5) is 0. The quantitative estimate of drug-likeness (QED) is 0.660. The van der Waals surface area contributed by atoms with E-state index in [9.17, 15) is 0 Å². The molecule has 1 saturated carbocycles. The molecule has 0 bridgehead atoms. The van der Waals surface area contributed by atoms with Gasteiger partial charge in [-0.2, -0.15) is 0 Å². The van der Waals surface area contributed by atoms with E-state index in [1.165, 1.54) is 18.4 Å². The molecule has 0 unspecified atom stereocenters. The minimum Gasteiger partial charge on any atom is -0.492 e. The summed E-state index contributed by atoms with van der Waals surface area (Å²) in [5.74, 6) is 0.921. The molecule has 0 heterocycles. The summed E-state index contributed by atoms with van der Waals surface area (Å²) >= 11 is 3.56. The third-order valence-corrected chi connectivity index (χ3v) is 3.87. The van der Waals surface area contributed by atoms with Gasteiger partial charge in [-0.3, -0.25) is 0 Å². The van der Waals surface area contributed by atoms with Gasteiger partial charge in [-0.15, -0.1) is 0 Å². The van der Waals surface area contributed by atoms with Crippen LogP contribution in [0.15, 0.2) is 22.7 Å². The van der Waals surface area contributed by atoms with Crippen molar-refractivity contribution in [2.24, 2.45) is 0 Å². The highest BCUT2D eigenvalue weighted by molar-refractivity contribution is 9.10. The summed E-state index contributed by atoms with van der Waals surface area (Å²) in [6.45, 7) is 5.41. The highest BCUT2D eigenvalue weighted by atomic mass is 79.9. The van der Waals surface area contributed by atoms with Gasteiger partial charge in [-0.1, -0.05) is 13.0 Å². The predicted molar refractivity (Wildman–Crippen MR) is 85.5 cm³/mol. The molecule has 0 aliphatic heterocycles. The van der Waals surface area contributed by atoms with Gasteiger partial charge < -0.3 is 14.8 Å². The van der Waals surface area contributed by atoms with Crippen molar-refractivity contribution in [2.75, 3.05) is 26.4 Å². The van der Waals surface area contributed by atoms with E-state index in [1.807, 2.05) is 6.07 Å². The molecule has 0 spiro atoms. The molecular weight excluding hydrogens is 318 g/mol. The zero-order valence-electron chi connectivity index (χ0n) is 12.2. The third kappa shape index (κ3) is 5.81. The second-order valence-corrected chi connectivity index (χ2v) is 6.06. The summed E-state index contributed by atoms with van der Waals surface area (Å²) < 4.78 is 12.3. The third-order valence-electron chi connectivity index (χ3n) is 3.25. The molecule has 112 valence electrons. The largest absolute Gasteiger partial charge is 0.492 e. The van der Waals surface area contributed by atoms with Crippen LogP contribution in [-0.2, 0) is 11.2 Å². The fraction of sp³-hybridized carbons (Fsp3) is 0.625. The lowest BCUT2D eigenvalue weighted by atomic mass is 10.1. The summed E-state index contributed by atoms with van der Waals surface area (Å²) in [5.41, 5.74) is 1.27. The first kappa shape index (κ1) is 15.8. The second kappa shape index (κ2) is 8.65. The van der Waals surface area contributed by atoms with E-state index >= 15 is 0 Å². The molecule has 0 amide bonds. The molecule has 1 aliphatic rings. The molecule has 3 nitrogen and oxygen atoms in total. The van der Waals surface area contributed by atoms with Gasteiger partial charge >= 0.3 is 0 Å². The van der Waals surface area contributed by atoms with E-state index < -0.39 is 0 Å². The standard InChI is InChI=1S/C16H24BrNO2/c1-2-9-20-16-6-3-13(12-15(16)17)7-10-19-11-8-18-14-4-5-14/h3,6,12,14,18H,2,4-5,7-11H2,1H3. The summed E-state index contributed by atoms with van der Waals surface area (Å²) in [6.07, 6.45) is 4.63. The molecule has 1 aliphatic carbocycles. The van der Waals surface area contributed by atoms with Crippen LogP contribution in [0.5, 0.6) is 5.75 Å². The van der Waals surface area contributed by atoms with Crippen molar-refractivity contribution in [3.05, 3.63) is 28.2 Å². The lowest BCUT2D eigenvalue weighted by Gasteiger charge is -2.09. The lowest BCUT2D eigenvalue weighted by Crippen LogP contribution is -2.22. The average molecular weight is 342 g/mol. The summed E-state index contributed by atoms with van der Waals surface area (Å²) in [7, 11) is 0. The summed E-state index contributed by atoms with van der Waals surface area (Å²) in [5, 5.41) is 3.44. The van der Waals surface area contributed by atoms with Gasteiger partial charge in [0.1, 0.15) is 5.75 Å². The molecule has 2 rings (SSSR count). The fourth-order valence-corrected chi connectivity index (χ4v) is 2.48. The first-order valence-electron chi connectivity index (χ1n) is 7.52. The first-order valence-corrected chi connectivity index (χ1v) is 8.31.